The van der Waals surface area contributed by atoms with E-state index in [1.807, 2.05) is 0 Å². The highest BCUT2D eigenvalue weighted by molar-refractivity contribution is 6.31. The maximum atomic E-state index is 12.0. The van der Waals surface area contributed by atoms with Gasteiger partial charge in [-0.3, -0.25) is 9.59 Å². The number of anilines is 1. The molecule has 0 fully saturated rings. The minimum absolute atomic E-state index is 0.310. The van der Waals surface area contributed by atoms with Crippen LogP contribution in [0.3, 0.4) is 0 Å². The smallest absolute Gasteiger partial charge is 0.261 e. The Hall–Kier alpha value is -2.37. The van der Waals surface area contributed by atoms with Crippen molar-refractivity contribution in [2.45, 2.75) is 12.0 Å². The Bertz CT molecular complexity index is 766. The molecule has 1 aliphatic heterocycles. The Labute approximate surface area is 131 Å². The Morgan fingerprint density at radius 3 is 2.95 bits per heavy atom. The lowest BCUT2D eigenvalue weighted by Gasteiger charge is -2.19. The number of hydrogen-bond donors (Lipinski definition) is 2. The minimum atomic E-state index is -1.91. The predicted molar refractivity (Wildman–Crippen MR) is 81.3 cm³/mol. The van der Waals surface area contributed by atoms with Crippen molar-refractivity contribution < 1.29 is 19.1 Å². The van der Waals surface area contributed by atoms with Crippen molar-refractivity contribution in [2.24, 2.45) is 0 Å². The van der Waals surface area contributed by atoms with Crippen LogP contribution in [-0.4, -0.2) is 16.8 Å². The first-order chi connectivity index (χ1) is 10.5. The maximum Gasteiger partial charge on any atom is 0.261 e. The lowest BCUT2D eigenvalue weighted by molar-refractivity contribution is -0.138. The molecule has 0 radical (unpaired) electrons. The summed E-state index contributed by atoms with van der Waals surface area (Å²) < 4.78 is 5.07. The normalized spacial score (nSPS) is 20.2. The molecule has 0 aliphatic carbocycles. The number of fused-ring (bicyclic) bond motifs is 1. The zero-order chi connectivity index (χ0) is 15.7. The molecule has 0 saturated heterocycles. The van der Waals surface area contributed by atoms with E-state index in [9.17, 15) is 14.7 Å². The van der Waals surface area contributed by atoms with Gasteiger partial charge in [0, 0.05) is 16.3 Å². The summed E-state index contributed by atoms with van der Waals surface area (Å²) in [4.78, 5) is 24.1. The average Bonchev–Trinajstić information content (AvgIpc) is 3.06. The van der Waals surface area contributed by atoms with Gasteiger partial charge in [-0.1, -0.05) is 11.6 Å². The fourth-order valence-electron chi connectivity index (χ4n) is 2.36. The summed E-state index contributed by atoms with van der Waals surface area (Å²) in [5, 5.41) is 13.5. The lowest BCUT2D eigenvalue weighted by atomic mass is 9.90. The van der Waals surface area contributed by atoms with Crippen LogP contribution in [0.4, 0.5) is 5.69 Å². The Morgan fingerprint density at radius 2 is 2.23 bits per heavy atom. The topological polar surface area (TPSA) is 79.5 Å². The van der Waals surface area contributed by atoms with Gasteiger partial charge in [0.05, 0.1) is 12.7 Å². The summed E-state index contributed by atoms with van der Waals surface area (Å²) >= 11 is 5.90. The standard InChI is InChI=1S/C16H12ClNO4/c17-10-3-6-14-13(8-10)16(21,15(20)18-14)9-11(19)4-5-12-2-1-7-22-12/h1-8,21H,9H2,(H,18,20)/b5-4+/t16-/m0/s1. The second kappa shape index (κ2) is 5.44. The molecule has 6 heteroatoms. The molecule has 5 nitrogen and oxygen atoms in total. The summed E-state index contributed by atoms with van der Waals surface area (Å²) in [6.45, 7) is 0. The number of furan rings is 1. The van der Waals surface area contributed by atoms with Gasteiger partial charge in [0.15, 0.2) is 11.4 Å². The number of ketones is 1. The van der Waals surface area contributed by atoms with Crippen LogP contribution in [0.5, 0.6) is 0 Å². The molecule has 22 heavy (non-hydrogen) atoms. The summed E-state index contributed by atoms with van der Waals surface area (Å²) in [6, 6.07) is 8.07. The molecule has 1 aromatic heterocycles. The molecule has 1 aromatic carbocycles. The van der Waals surface area contributed by atoms with Gasteiger partial charge in [-0.15, -0.1) is 0 Å². The van der Waals surface area contributed by atoms with E-state index in [2.05, 4.69) is 5.32 Å². The van der Waals surface area contributed by atoms with Crippen molar-refractivity contribution in [2.75, 3.05) is 5.32 Å². The summed E-state index contributed by atoms with van der Waals surface area (Å²) in [5.41, 5.74) is -1.14. The first-order valence-electron chi connectivity index (χ1n) is 6.57. The fraction of sp³-hybridized carbons (Fsp3) is 0.125. The van der Waals surface area contributed by atoms with Crippen LogP contribution in [0, 0.1) is 0 Å². The quantitative estimate of drug-likeness (QED) is 0.850. The minimum Gasteiger partial charge on any atom is -0.465 e. The molecule has 1 atom stereocenters. The van der Waals surface area contributed by atoms with Crippen LogP contribution in [0.25, 0.3) is 6.08 Å². The zero-order valence-corrected chi connectivity index (χ0v) is 12.1. The Balaban J connectivity index is 1.83. The molecule has 0 bridgehead atoms. The molecule has 2 N–H and O–H groups in total. The molecule has 0 unspecified atom stereocenters. The van der Waals surface area contributed by atoms with Crippen molar-refractivity contribution in [3.8, 4) is 0 Å². The summed E-state index contributed by atoms with van der Waals surface area (Å²) in [5.74, 6) is -0.522. The van der Waals surface area contributed by atoms with Gasteiger partial charge in [0.1, 0.15) is 5.76 Å². The monoisotopic (exact) mass is 317 g/mol. The molecule has 2 heterocycles. The Morgan fingerprint density at radius 1 is 1.41 bits per heavy atom. The number of halogens is 1. The second-order valence-corrected chi connectivity index (χ2v) is 5.43. The number of carbonyl (C=O) groups is 2. The van der Waals surface area contributed by atoms with E-state index in [4.69, 9.17) is 16.0 Å². The van der Waals surface area contributed by atoms with Gasteiger partial charge in [0.2, 0.25) is 0 Å². The third-order valence-electron chi connectivity index (χ3n) is 3.46. The number of benzene rings is 1. The van der Waals surface area contributed by atoms with E-state index in [0.717, 1.165) is 0 Å². The number of carbonyl (C=O) groups excluding carboxylic acids is 2. The highest BCUT2D eigenvalue weighted by Crippen LogP contribution is 2.39. The Kier molecular flexibility index (Phi) is 3.60. The molecule has 1 aliphatic rings. The molecule has 0 spiro atoms. The number of amides is 1. The SMILES string of the molecule is O=C(/C=C/c1ccco1)C[C@@]1(O)C(=O)Nc2ccc(Cl)cc21. The molecule has 3 rings (SSSR count). The average molecular weight is 318 g/mol. The number of nitrogens with one attached hydrogen (secondary N) is 1. The highest BCUT2D eigenvalue weighted by Gasteiger charge is 2.46. The van der Waals surface area contributed by atoms with Crippen LogP contribution in [0.1, 0.15) is 17.7 Å². The number of aliphatic hydroxyl groups is 1. The molecule has 2 aromatic rings. The maximum absolute atomic E-state index is 12.0. The van der Waals surface area contributed by atoms with Crippen molar-refractivity contribution in [1.82, 2.24) is 0 Å². The number of hydrogen-bond acceptors (Lipinski definition) is 4. The largest absolute Gasteiger partial charge is 0.465 e. The molecule has 0 saturated carbocycles. The number of rotatable bonds is 4. The van der Waals surface area contributed by atoms with E-state index in [1.54, 1.807) is 24.3 Å². The van der Waals surface area contributed by atoms with E-state index in [1.165, 1.54) is 24.5 Å². The van der Waals surface area contributed by atoms with E-state index in [0.29, 0.717) is 22.0 Å². The second-order valence-electron chi connectivity index (χ2n) is 5.00. The predicted octanol–water partition coefficient (Wildman–Crippen LogP) is 2.75. The lowest BCUT2D eigenvalue weighted by Crippen LogP contribution is -2.36. The fourth-order valence-corrected chi connectivity index (χ4v) is 2.54. The first kappa shape index (κ1) is 14.6. The van der Waals surface area contributed by atoms with Crippen LogP contribution in [0.15, 0.2) is 47.1 Å². The highest BCUT2D eigenvalue weighted by atomic mass is 35.5. The van der Waals surface area contributed by atoms with Crippen molar-refractivity contribution >= 4 is 35.1 Å². The zero-order valence-electron chi connectivity index (χ0n) is 11.4. The van der Waals surface area contributed by atoms with E-state index in [-0.39, 0.29) is 6.42 Å². The third-order valence-corrected chi connectivity index (χ3v) is 3.69. The van der Waals surface area contributed by atoms with Gasteiger partial charge in [0.25, 0.3) is 5.91 Å². The molecule has 1 amide bonds. The van der Waals surface area contributed by atoms with E-state index >= 15 is 0 Å². The van der Waals surface area contributed by atoms with Crippen LogP contribution in [0.2, 0.25) is 5.02 Å². The number of allylic oxidation sites excluding steroid dienone is 1. The van der Waals surface area contributed by atoms with Gasteiger partial charge < -0.3 is 14.8 Å². The van der Waals surface area contributed by atoms with Gasteiger partial charge in [-0.25, -0.2) is 0 Å². The molecule has 112 valence electrons. The van der Waals surface area contributed by atoms with Crippen molar-refractivity contribution in [3.63, 3.8) is 0 Å². The van der Waals surface area contributed by atoms with Crippen LogP contribution < -0.4 is 5.32 Å². The third kappa shape index (κ3) is 2.56. The van der Waals surface area contributed by atoms with Crippen molar-refractivity contribution in [1.29, 1.82) is 0 Å². The first-order valence-corrected chi connectivity index (χ1v) is 6.95. The summed E-state index contributed by atoms with van der Waals surface area (Å²) in [6.07, 6.45) is 3.87. The van der Waals surface area contributed by atoms with Crippen LogP contribution >= 0.6 is 11.6 Å². The van der Waals surface area contributed by atoms with Gasteiger partial charge in [-0.2, -0.15) is 0 Å². The molecular formula is C16H12ClNO4. The molecular weight excluding hydrogens is 306 g/mol. The van der Waals surface area contributed by atoms with Crippen LogP contribution in [-0.2, 0) is 15.2 Å². The summed E-state index contributed by atoms with van der Waals surface area (Å²) in [7, 11) is 0. The van der Waals surface area contributed by atoms with Crippen molar-refractivity contribution in [3.05, 3.63) is 59.0 Å². The van der Waals surface area contributed by atoms with E-state index < -0.39 is 17.3 Å². The van der Waals surface area contributed by atoms with Gasteiger partial charge >= 0.3 is 0 Å². The van der Waals surface area contributed by atoms with Gasteiger partial charge in [-0.05, 0) is 42.5 Å².